The molecule has 1 fully saturated rings. The maximum atomic E-state index is 11.9. The molecule has 0 spiro atoms. The van der Waals surface area contributed by atoms with E-state index in [9.17, 15) is 4.79 Å². The number of urea groups is 1. The first kappa shape index (κ1) is 15.3. The quantitative estimate of drug-likeness (QED) is 0.865. The molecule has 4 nitrogen and oxygen atoms in total. The highest BCUT2D eigenvalue weighted by Gasteiger charge is 2.38. The van der Waals surface area contributed by atoms with E-state index in [0.29, 0.717) is 13.1 Å². The van der Waals surface area contributed by atoms with Crippen molar-refractivity contribution >= 4 is 22.0 Å². The Morgan fingerprint density at radius 3 is 2.55 bits per heavy atom. The van der Waals surface area contributed by atoms with Crippen LogP contribution in [0.2, 0.25) is 0 Å². The molecular formula is C15H21BrN2O2. The van der Waals surface area contributed by atoms with Gasteiger partial charge in [0.05, 0.1) is 6.61 Å². The number of carbonyl (C=O) groups excluding carboxylic acids is 1. The molecule has 0 bridgehead atoms. The highest BCUT2D eigenvalue weighted by Crippen LogP contribution is 2.43. The van der Waals surface area contributed by atoms with Gasteiger partial charge < -0.3 is 15.3 Å². The molecule has 5 heteroatoms. The molecule has 0 heterocycles. The molecule has 1 aromatic carbocycles. The van der Waals surface area contributed by atoms with Gasteiger partial charge in [0.2, 0.25) is 0 Å². The average Bonchev–Trinajstić information content (AvgIpc) is 2.39. The Kier molecular flexibility index (Phi) is 5.05. The number of nitrogens with zero attached hydrogens (tertiary/aromatic N) is 1. The van der Waals surface area contributed by atoms with Gasteiger partial charge in [-0.05, 0) is 30.5 Å². The van der Waals surface area contributed by atoms with Crippen molar-refractivity contribution in [3.8, 4) is 0 Å². The van der Waals surface area contributed by atoms with Gasteiger partial charge in [0.15, 0.2) is 0 Å². The van der Waals surface area contributed by atoms with Crippen LogP contribution in [-0.2, 0) is 5.41 Å². The first-order valence-electron chi connectivity index (χ1n) is 6.93. The molecule has 0 saturated heterocycles. The molecule has 0 unspecified atom stereocenters. The van der Waals surface area contributed by atoms with Crippen molar-refractivity contribution in [2.75, 3.05) is 26.7 Å². The Balaban J connectivity index is 1.98. The van der Waals surface area contributed by atoms with Crippen LogP contribution in [0.25, 0.3) is 0 Å². The predicted molar refractivity (Wildman–Crippen MR) is 82.8 cm³/mol. The van der Waals surface area contributed by atoms with Crippen LogP contribution in [-0.4, -0.2) is 42.8 Å². The third-order valence-corrected chi connectivity index (χ3v) is 4.66. The summed E-state index contributed by atoms with van der Waals surface area (Å²) in [5, 5.41) is 11.8. The summed E-state index contributed by atoms with van der Waals surface area (Å²) in [7, 11) is 1.69. The second-order valence-electron chi connectivity index (χ2n) is 5.44. The largest absolute Gasteiger partial charge is 0.395 e. The van der Waals surface area contributed by atoms with Crippen LogP contribution in [0, 0.1) is 0 Å². The van der Waals surface area contributed by atoms with E-state index >= 15 is 0 Å². The Hall–Kier alpha value is -1.07. The molecule has 2 rings (SSSR count). The molecule has 2 N–H and O–H groups in total. The summed E-state index contributed by atoms with van der Waals surface area (Å²) >= 11 is 3.45. The summed E-state index contributed by atoms with van der Waals surface area (Å²) < 4.78 is 1.07. The fraction of sp³-hybridized carbons (Fsp3) is 0.533. The molecule has 0 atom stereocenters. The summed E-state index contributed by atoms with van der Waals surface area (Å²) in [6.07, 6.45) is 3.43. The summed E-state index contributed by atoms with van der Waals surface area (Å²) in [5.74, 6) is 0. The van der Waals surface area contributed by atoms with Crippen molar-refractivity contribution in [1.29, 1.82) is 0 Å². The van der Waals surface area contributed by atoms with E-state index in [1.54, 1.807) is 7.05 Å². The lowest BCUT2D eigenvalue weighted by molar-refractivity contribution is 0.179. The molecule has 1 aliphatic rings. The van der Waals surface area contributed by atoms with Gasteiger partial charge in [-0.15, -0.1) is 0 Å². The predicted octanol–water partition coefficient (Wildman–Crippen LogP) is 2.50. The molecule has 0 radical (unpaired) electrons. The number of hydrogen-bond donors (Lipinski definition) is 2. The maximum Gasteiger partial charge on any atom is 0.317 e. The number of aliphatic hydroxyl groups excluding tert-OH is 1. The standard InChI is InChI=1S/C15H21BrN2O2/c1-18(9-10-19)14(20)17-11-15(7-2-8-15)12-3-5-13(16)6-4-12/h3-6,19H,2,7-11H2,1H3,(H,17,20). The number of rotatable bonds is 5. The molecule has 1 saturated carbocycles. The molecule has 1 aliphatic carbocycles. The van der Waals surface area contributed by atoms with Gasteiger partial charge >= 0.3 is 6.03 Å². The number of nitrogens with one attached hydrogen (secondary N) is 1. The van der Waals surface area contributed by atoms with E-state index in [1.165, 1.54) is 16.9 Å². The van der Waals surface area contributed by atoms with Crippen molar-refractivity contribution in [3.05, 3.63) is 34.3 Å². The first-order valence-corrected chi connectivity index (χ1v) is 7.72. The molecule has 0 aromatic heterocycles. The zero-order valence-corrected chi connectivity index (χ0v) is 13.3. The van der Waals surface area contributed by atoms with Crippen molar-refractivity contribution in [3.63, 3.8) is 0 Å². The van der Waals surface area contributed by atoms with Crippen molar-refractivity contribution in [1.82, 2.24) is 10.2 Å². The number of amides is 2. The third kappa shape index (κ3) is 3.33. The van der Waals surface area contributed by atoms with E-state index in [1.807, 2.05) is 0 Å². The topological polar surface area (TPSA) is 52.6 Å². The highest BCUT2D eigenvalue weighted by molar-refractivity contribution is 9.10. The summed E-state index contributed by atoms with van der Waals surface area (Å²) in [6, 6.07) is 8.24. The minimum atomic E-state index is -0.123. The number of hydrogen-bond acceptors (Lipinski definition) is 2. The van der Waals surface area contributed by atoms with E-state index < -0.39 is 0 Å². The normalized spacial score (nSPS) is 16.4. The smallest absolute Gasteiger partial charge is 0.317 e. The van der Waals surface area contributed by atoms with Crippen LogP contribution in [0.4, 0.5) is 4.79 Å². The Labute approximate surface area is 128 Å². The number of aliphatic hydroxyl groups is 1. The van der Waals surface area contributed by atoms with Gasteiger partial charge in [-0.25, -0.2) is 4.79 Å². The number of benzene rings is 1. The van der Waals surface area contributed by atoms with Crippen molar-refractivity contribution in [2.24, 2.45) is 0 Å². The van der Waals surface area contributed by atoms with Gasteiger partial charge in [0.1, 0.15) is 0 Å². The van der Waals surface area contributed by atoms with Crippen LogP contribution in [0.3, 0.4) is 0 Å². The van der Waals surface area contributed by atoms with Gasteiger partial charge in [0.25, 0.3) is 0 Å². The second-order valence-corrected chi connectivity index (χ2v) is 6.36. The molecular weight excluding hydrogens is 320 g/mol. The van der Waals surface area contributed by atoms with Crippen molar-refractivity contribution < 1.29 is 9.90 Å². The molecule has 1 aromatic rings. The molecule has 110 valence electrons. The van der Waals surface area contributed by atoms with Crippen LogP contribution in [0.5, 0.6) is 0 Å². The number of carbonyl (C=O) groups is 1. The zero-order chi connectivity index (χ0) is 14.6. The van der Waals surface area contributed by atoms with E-state index in [0.717, 1.165) is 17.3 Å². The Morgan fingerprint density at radius 1 is 1.40 bits per heavy atom. The van der Waals surface area contributed by atoms with Gasteiger partial charge in [-0.3, -0.25) is 0 Å². The van der Waals surface area contributed by atoms with E-state index in [2.05, 4.69) is 45.5 Å². The van der Waals surface area contributed by atoms with Gasteiger partial charge in [-0.1, -0.05) is 34.5 Å². The zero-order valence-electron chi connectivity index (χ0n) is 11.7. The SMILES string of the molecule is CN(CCO)C(=O)NCC1(c2ccc(Br)cc2)CCC1. The lowest BCUT2D eigenvalue weighted by Gasteiger charge is -2.43. The lowest BCUT2D eigenvalue weighted by atomic mass is 9.64. The average molecular weight is 341 g/mol. The van der Waals surface area contributed by atoms with Crippen LogP contribution >= 0.6 is 15.9 Å². The third-order valence-electron chi connectivity index (χ3n) is 4.13. The fourth-order valence-corrected chi connectivity index (χ4v) is 2.87. The molecule has 0 aliphatic heterocycles. The first-order chi connectivity index (χ1) is 9.57. The molecule has 20 heavy (non-hydrogen) atoms. The Morgan fingerprint density at radius 2 is 2.05 bits per heavy atom. The Bertz CT molecular complexity index is 457. The monoisotopic (exact) mass is 340 g/mol. The van der Waals surface area contributed by atoms with Crippen molar-refractivity contribution in [2.45, 2.75) is 24.7 Å². The van der Waals surface area contributed by atoms with Crippen LogP contribution in [0.1, 0.15) is 24.8 Å². The van der Waals surface area contributed by atoms with Gasteiger partial charge in [0, 0.05) is 30.0 Å². The molecule has 2 amide bonds. The minimum absolute atomic E-state index is 0.0121. The summed E-state index contributed by atoms with van der Waals surface area (Å²) in [6.45, 7) is 1.00. The lowest BCUT2D eigenvalue weighted by Crippen LogP contribution is -2.49. The summed E-state index contributed by atoms with van der Waals surface area (Å²) in [5.41, 5.74) is 1.37. The van der Waals surface area contributed by atoms with E-state index in [-0.39, 0.29) is 18.1 Å². The van der Waals surface area contributed by atoms with E-state index in [4.69, 9.17) is 5.11 Å². The van der Waals surface area contributed by atoms with Crippen LogP contribution in [0.15, 0.2) is 28.7 Å². The summed E-state index contributed by atoms with van der Waals surface area (Å²) in [4.78, 5) is 13.4. The minimum Gasteiger partial charge on any atom is -0.395 e. The fourth-order valence-electron chi connectivity index (χ4n) is 2.61. The number of likely N-dealkylation sites (N-methyl/N-ethyl adjacent to an activating group) is 1. The second kappa shape index (κ2) is 6.59. The highest BCUT2D eigenvalue weighted by atomic mass is 79.9. The maximum absolute atomic E-state index is 11.9. The van der Waals surface area contributed by atoms with Gasteiger partial charge in [-0.2, -0.15) is 0 Å². The number of halogens is 1. The van der Waals surface area contributed by atoms with Crippen LogP contribution < -0.4 is 5.32 Å².